The smallest absolute Gasteiger partial charge is 0.165 e. The zero-order chi connectivity index (χ0) is 12.5. The summed E-state index contributed by atoms with van der Waals surface area (Å²) in [6.45, 7) is 7.31. The van der Waals surface area contributed by atoms with Gasteiger partial charge in [-0.25, -0.2) is 0 Å². The van der Waals surface area contributed by atoms with Crippen LogP contribution in [0, 0.1) is 0 Å². The molecule has 0 aromatic heterocycles. The van der Waals surface area contributed by atoms with Crippen molar-refractivity contribution in [3.05, 3.63) is 29.8 Å². The lowest BCUT2D eigenvalue weighted by Crippen LogP contribution is -2.31. The highest BCUT2D eigenvalue weighted by Gasteiger charge is 2.25. The second-order valence-corrected chi connectivity index (χ2v) is 5.60. The molecule has 1 unspecified atom stereocenters. The third kappa shape index (κ3) is 2.73. The minimum absolute atomic E-state index is 0.0860. The predicted octanol–water partition coefficient (Wildman–Crippen LogP) is 2.85. The Morgan fingerprint density at radius 1 is 1.35 bits per heavy atom. The molecule has 1 fully saturated rings. The van der Waals surface area contributed by atoms with E-state index in [-0.39, 0.29) is 11.6 Å². The Labute approximate surface area is 108 Å². The number of halogens is 1. The summed E-state index contributed by atoms with van der Waals surface area (Å²) in [5, 5.41) is 0. The highest BCUT2D eigenvalue weighted by Crippen LogP contribution is 2.26. The fraction of sp³-hybridized carbons (Fsp3) is 0.538. The molecule has 3 nitrogen and oxygen atoms in total. The van der Waals surface area contributed by atoms with Crippen molar-refractivity contribution in [1.82, 2.24) is 5.48 Å². The van der Waals surface area contributed by atoms with Gasteiger partial charge in [0.1, 0.15) is 0 Å². The monoisotopic (exact) mass is 254 g/mol. The molecule has 1 aromatic rings. The van der Waals surface area contributed by atoms with E-state index in [1.807, 2.05) is 0 Å². The Morgan fingerprint density at radius 3 is 2.53 bits per heavy atom. The minimum Gasteiger partial charge on any atom is -0.328 e. The van der Waals surface area contributed by atoms with Crippen LogP contribution in [0.1, 0.15) is 26.3 Å². The molecule has 1 N–H and O–H groups in total. The molecular weight excluding hydrogens is 236 g/mol. The molecule has 0 bridgehead atoms. The number of hydrogen-bond donors (Lipinski definition) is 1. The zero-order valence-corrected chi connectivity index (χ0v) is 11.3. The normalized spacial score (nSPS) is 20.9. The summed E-state index contributed by atoms with van der Waals surface area (Å²) in [4.78, 5) is 7.42. The van der Waals surface area contributed by atoms with E-state index >= 15 is 0 Å². The minimum atomic E-state index is -0.0860. The highest BCUT2D eigenvalue weighted by molar-refractivity contribution is 6.18. The first-order valence-electron chi connectivity index (χ1n) is 5.84. The highest BCUT2D eigenvalue weighted by atomic mass is 35.5. The number of nitrogens with zero attached hydrogens (tertiary/aromatic N) is 1. The van der Waals surface area contributed by atoms with Crippen LogP contribution in [0.4, 0.5) is 5.69 Å². The molecule has 0 saturated carbocycles. The summed E-state index contributed by atoms with van der Waals surface area (Å²) >= 11 is 5.85. The first-order chi connectivity index (χ1) is 8.02. The van der Waals surface area contributed by atoms with Crippen molar-refractivity contribution in [1.29, 1.82) is 0 Å². The molecule has 0 amide bonds. The van der Waals surface area contributed by atoms with Gasteiger partial charge in [-0.1, -0.05) is 32.9 Å². The third-order valence-corrected chi connectivity index (χ3v) is 3.26. The van der Waals surface area contributed by atoms with Gasteiger partial charge in [0.25, 0.3) is 0 Å². The maximum atomic E-state index is 5.85. The van der Waals surface area contributed by atoms with Gasteiger partial charge >= 0.3 is 0 Å². The van der Waals surface area contributed by atoms with Crippen LogP contribution >= 0.6 is 11.6 Å². The van der Waals surface area contributed by atoms with E-state index < -0.39 is 0 Å². The number of alkyl halides is 1. The zero-order valence-electron chi connectivity index (χ0n) is 10.5. The molecule has 1 heterocycles. The van der Waals surface area contributed by atoms with Gasteiger partial charge in [-0.05, 0) is 23.1 Å². The summed E-state index contributed by atoms with van der Waals surface area (Å²) in [6, 6.07) is 8.57. The molecule has 1 aliphatic rings. The van der Waals surface area contributed by atoms with Crippen LogP contribution < -0.4 is 10.4 Å². The molecule has 4 heteroatoms. The van der Waals surface area contributed by atoms with Crippen molar-refractivity contribution in [2.75, 3.05) is 17.4 Å². The van der Waals surface area contributed by atoms with Crippen molar-refractivity contribution in [2.45, 2.75) is 32.4 Å². The summed E-state index contributed by atoms with van der Waals surface area (Å²) in [5.74, 6) is 0.452. The van der Waals surface area contributed by atoms with Gasteiger partial charge in [-0.2, -0.15) is 5.48 Å². The number of benzene rings is 1. The summed E-state index contributed by atoms with van der Waals surface area (Å²) in [7, 11) is 0. The number of hydrogen-bond acceptors (Lipinski definition) is 3. The average molecular weight is 255 g/mol. The van der Waals surface area contributed by atoms with Crippen LogP contribution in [0.5, 0.6) is 0 Å². The fourth-order valence-corrected chi connectivity index (χ4v) is 2.12. The Hall–Kier alpha value is -0.770. The molecule has 17 heavy (non-hydrogen) atoms. The van der Waals surface area contributed by atoms with Crippen molar-refractivity contribution in [3.63, 3.8) is 0 Å². The van der Waals surface area contributed by atoms with Crippen LogP contribution in [-0.2, 0) is 10.3 Å². The van der Waals surface area contributed by atoms with Crippen LogP contribution in [0.25, 0.3) is 0 Å². The maximum absolute atomic E-state index is 5.85. The summed E-state index contributed by atoms with van der Waals surface area (Å²) in [6.07, 6.45) is -0.0860. The summed E-state index contributed by atoms with van der Waals surface area (Å²) < 4.78 is 0. The molecule has 0 aliphatic carbocycles. The van der Waals surface area contributed by atoms with Gasteiger partial charge in [-0.15, -0.1) is 11.6 Å². The predicted molar refractivity (Wildman–Crippen MR) is 71.2 cm³/mol. The van der Waals surface area contributed by atoms with Gasteiger partial charge in [0.15, 0.2) is 6.23 Å². The largest absolute Gasteiger partial charge is 0.328 e. The number of hydroxylamine groups is 1. The Bertz CT molecular complexity index is 372. The standard InChI is InChI=1S/C13H19ClN2O/c1-13(2,3)10-4-6-11(7-5-10)16-9-15-17-12(16)8-14/h4-7,12,15H,8-9H2,1-3H3. The summed E-state index contributed by atoms with van der Waals surface area (Å²) in [5.41, 5.74) is 5.51. The lowest BCUT2D eigenvalue weighted by atomic mass is 9.87. The van der Waals surface area contributed by atoms with E-state index in [2.05, 4.69) is 55.4 Å². The number of nitrogens with one attached hydrogen (secondary N) is 1. The molecule has 0 spiro atoms. The Kier molecular flexibility index (Phi) is 3.61. The molecule has 94 valence electrons. The van der Waals surface area contributed by atoms with Crippen LogP contribution in [-0.4, -0.2) is 18.8 Å². The average Bonchev–Trinajstić information content (AvgIpc) is 2.76. The van der Waals surface area contributed by atoms with Gasteiger partial charge in [-0.3, -0.25) is 4.84 Å². The van der Waals surface area contributed by atoms with Gasteiger partial charge in [0, 0.05) is 5.69 Å². The third-order valence-electron chi connectivity index (χ3n) is 3.00. The number of rotatable bonds is 2. The van der Waals surface area contributed by atoms with E-state index in [1.54, 1.807) is 0 Å². The molecule has 0 radical (unpaired) electrons. The van der Waals surface area contributed by atoms with E-state index in [9.17, 15) is 0 Å². The van der Waals surface area contributed by atoms with Crippen molar-refractivity contribution in [3.8, 4) is 0 Å². The van der Waals surface area contributed by atoms with Crippen LogP contribution in [0.15, 0.2) is 24.3 Å². The van der Waals surface area contributed by atoms with E-state index in [1.165, 1.54) is 5.56 Å². The quantitative estimate of drug-likeness (QED) is 0.822. The van der Waals surface area contributed by atoms with Crippen LogP contribution in [0.3, 0.4) is 0 Å². The van der Waals surface area contributed by atoms with Gasteiger partial charge in [0.2, 0.25) is 0 Å². The SMILES string of the molecule is CC(C)(C)c1ccc(N2CNOC2CCl)cc1. The molecule has 1 aromatic carbocycles. The second-order valence-electron chi connectivity index (χ2n) is 5.30. The molecular formula is C13H19ClN2O. The van der Waals surface area contributed by atoms with Crippen molar-refractivity contribution in [2.24, 2.45) is 0 Å². The Morgan fingerprint density at radius 2 is 2.00 bits per heavy atom. The van der Waals surface area contributed by atoms with E-state index in [4.69, 9.17) is 16.4 Å². The van der Waals surface area contributed by atoms with E-state index in [0.29, 0.717) is 12.5 Å². The van der Waals surface area contributed by atoms with Crippen LogP contribution in [0.2, 0.25) is 0 Å². The number of anilines is 1. The molecule has 1 atom stereocenters. The molecule has 2 rings (SSSR count). The fourth-order valence-electron chi connectivity index (χ4n) is 1.89. The first-order valence-corrected chi connectivity index (χ1v) is 6.37. The van der Waals surface area contributed by atoms with Gasteiger partial charge in [0.05, 0.1) is 12.5 Å². The molecule has 1 aliphatic heterocycles. The van der Waals surface area contributed by atoms with Gasteiger partial charge < -0.3 is 4.90 Å². The van der Waals surface area contributed by atoms with Crippen molar-refractivity contribution < 1.29 is 4.84 Å². The topological polar surface area (TPSA) is 24.5 Å². The Balaban J connectivity index is 2.18. The maximum Gasteiger partial charge on any atom is 0.165 e. The lowest BCUT2D eigenvalue weighted by Gasteiger charge is -2.24. The second kappa shape index (κ2) is 4.84. The molecule has 1 saturated heterocycles. The van der Waals surface area contributed by atoms with E-state index in [0.717, 1.165) is 5.69 Å². The van der Waals surface area contributed by atoms with Crippen molar-refractivity contribution >= 4 is 17.3 Å². The first kappa shape index (κ1) is 12.7. The lowest BCUT2D eigenvalue weighted by molar-refractivity contribution is 0.0477.